The van der Waals surface area contributed by atoms with E-state index in [9.17, 15) is 10.4 Å². The van der Waals surface area contributed by atoms with Gasteiger partial charge in [-0.1, -0.05) is 27.2 Å². The van der Waals surface area contributed by atoms with Gasteiger partial charge in [-0.3, -0.25) is 0 Å². The zero-order chi connectivity index (χ0) is 23.8. The Hall–Kier alpha value is -3.15. The smallest absolute Gasteiger partial charge is 0.159 e. The molecule has 2 heterocycles. The van der Waals surface area contributed by atoms with Gasteiger partial charge in [0.2, 0.25) is 0 Å². The van der Waals surface area contributed by atoms with E-state index in [0.717, 1.165) is 36.5 Å². The van der Waals surface area contributed by atoms with Crippen LogP contribution in [0.3, 0.4) is 0 Å². The summed E-state index contributed by atoms with van der Waals surface area (Å²) in [4.78, 5) is 11.8. The fourth-order valence-electron chi connectivity index (χ4n) is 3.69. The van der Waals surface area contributed by atoms with E-state index in [-0.39, 0.29) is 12.5 Å². The second kappa shape index (κ2) is 11.6. The molecule has 1 saturated heterocycles. The maximum absolute atomic E-state index is 10.0. The van der Waals surface area contributed by atoms with Gasteiger partial charge in [0.1, 0.15) is 18.2 Å². The topological polar surface area (TPSA) is 118 Å². The predicted octanol–water partition coefficient (Wildman–Crippen LogP) is 3.35. The number of aliphatic hydroxyl groups is 1. The number of benzene rings is 1. The Bertz CT molecular complexity index is 1010. The standard InChI is InChI=1S/C25H33N5O3/c1-4-5-20(31)16-33-21-11-18(14-26)10-19(12-21)23-13-24(30-6-8-32-9-7-30)29-25(28-23)22(15-27)17(2)3/h10-13,15,17,20,31H,4-9,16,27H2,1-3H3. The molecule has 1 unspecified atom stereocenters. The molecule has 0 radical (unpaired) electrons. The summed E-state index contributed by atoms with van der Waals surface area (Å²) in [6, 6.07) is 9.42. The van der Waals surface area contributed by atoms with E-state index < -0.39 is 6.10 Å². The van der Waals surface area contributed by atoms with E-state index in [1.165, 1.54) is 0 Å². The highest BCUT2D eigenvalue weighted by Gasteiger charge is 2.19. The van der Waals surface area contributed by atoms with Crippen molar-refractivity contribution < 1.29 is 14.6 Å². The highest BCUT2D eigenvalue weighted by atomic mass is 16.5. The van der Waals surface area contributed by atoms with Gasteiger partial charge in [0.15, 0.2) is 5.82 Å². The fourth-order valence-corrected chi connectivity index (χ4v) is 3.69. The third kappa shape index (κ3) is 6.44. The van der Waals surface area contributed by atoms with Crippen molar-refractivity contribution in [3.8, 4) is 23.1 Å². The number of allylic oxidation sites excluding steroid dienone is 1. The second-order valence-corrected chi connectivity index (χ2v) is 8.42. The molecule has 33 heavy (non-hydrogen) atoms. The summed E-state index contributed by atoms with van der Waals surface area (Å²) in [6.45, 7) is 9.03. The van der Waals surface area contributed by atoms with Crippen molar-refractivity contribution >= 4 is 11.4 Å². The molecule has 0 aliphatic carbocycles. The molecule has 176 valence electrons. The Balaban J connectivity index is 2.04. The quantitative estimate of drug-likeness (QED) is 0.596. The molecule has 8 nitrogen and oxygen atoms in total. The lowest BCUT2D eigenvalue weighted by Gasteiger charge is -2.28. The molecule has 0 spiro atoms. The van der Waals surface area contributed by atoms with Gasteiger partial charge in [-0.25, -0.2) is 9.97 Å². The number of nitrogens with two attached hydrogens (primary N) is 1. The van der Waals surface area contributed by atoms with Crippen LogP contribution in [0.4, 0.5) is 5.82 Å². The zero-order valence-electron chi connectivity index (χ0n) is 19.6. The monoisotopic (exact) mass is 451 g/mol. The summed E-state index contributed by atoms with van der Waals surface area (Å²) in [7, 11) is 0. The molecule has 1 aromatic heterocycles. The van der Waals surface area contributed by atoms with Gasteiger partial charge in [-0.15, -0.1) is 0 Å². The molecule has 2 aromatic rings. The Morgan fingerprint density at radius 3 is 2.67 bits per heavy atom. The molecule has 1 aliphatic heterocycles. The number of ether oxygens (including phenoxy) is 2. The first-order valence-corrected chi connectivity index (χ1v) is 11.5. The lowest BCUT2D eigenvalue weighted by atomic mass is 10.0. The molecular formula is C25H33N5O3. The lowest BCUT2D eigenvalue weighted by Crippen LogP contribution is -2.37. The van der Waals surface area contributed by atoms with Crippen LogP contribution in [-0.2, 0) is 4.74 Å². The van der Waals surface area contributed by atoms with Crippen LogP contribution >= 0.6 is 0 Å². The van der Waals surface area contributed by atoms with E-state index in [2.05, 4.69) is 11.0 Å². The third-order valence-electron chi connectivity index (χ3n) is 5.50. The van der Waals surface area contributed by atoms with Gasteiger partial charge < -0.3 is 25.2 Å². The number of rotatable bonds is 9. The van der Waals surface area contributed by atoms with E-state index in [1.54, 1.807) is 18.3 Å². The summed E-state index contributed by atoms with van der Waals surface area (Å²) in [5.41, 5.74) is 8.65. The summed E-state index contributed by atoms with van der Waals surface area (Å²) in [5, 5.41) is 19.6. The molecule has 1 atom stereocenters. The van der Waals surface area contributed by atoms with Gasteiger partial charge in [0.25, 0.3) is 0 Å². The van der Waals surface area contributed by atoms with Crippen LogP contribution in [0.5, 0.6) is 5.75 Å². The number of nitriles is 1. The largest absolute Gasteiger partial charge is 0.491 e. The molecule has 3 N–H and O–H groups in total. The lowest BCUT2D eigenvalue weighted by molar-refractivity contribution is 0.0993. The minimum absolute atomic E-state index is 0.146. The maximum atomic E-state index is 10.0. The van der Waals surface area contributed by atoms with Gasteiger partial charge in [0.05, 0.1) is 36.6 Å². The van der Waals surface area contributed by atoms with Gasteiger partial charge in [-0.05, 0) is 30.5 Å². The van der Waals surface area contributed by atoms with Crippen LogP contribution in [0.15, 0.2) is 30.5 Å². The molecule has 0 amide bonds. The Morgan fingerprint density at radius 2 is 2.03 bits per heavy atom. The van der Waals surface area contributed by atoms with Crippen LogP contribution in [-0.4, -0.2) is 54.1 Å². The number of aromatic nitrogens is 2. The van der Waals surface area contributed by atoms with Crippen molar-refractivity contribution in [2.45, 2.75) is 39.7 Å². The number of hydrogen-bond acceptors (Lipinski definition) is 8. The van der Waals surface area contributed by atoms with Crippen molar-refractivity contribution in [1.82, 2.24) is 9.97 Å². The average molecular weight is 452 g/mol. The van der Waals surface area contributed by atoms with Crippen molar-refractivity contribution in [2.24, 2.45) is 11.7 Å². The minimum Gasteiger partial charge on any atom is -0.491 e. The van der Waals surface area contributed by atoms with Crippen LogP contribution in [0.25, 0.3) is 16.8 Å². The second-order valence-electron chi connectivity index (χ2n) is 8.42. The number of anilines is 1. The van der Waals surface area contributed by atoms with Crippen molar-refractivity contribution in [3.05, 3.63) is 41.9 Å². The zero-order valence-corrected chi connectivity index (χ0v) is 19.6. The first-order chi connectivity index (χ1) is 15.9. The van der Waals surface area contributed by atoms with Gasteiger partial charge in [-0.2, -0.15) is 5.26 Å². The summed E-state index contributed by atoms with van der Waals surface area (Å²) >= 11 is 0. The van der Waals surface area contributed by atoms with E-state index in [1.807, 2.05) is 32.9 Å². The van der Waals surface area contributed by atoms with Gasteiger partial charge in [0, 0.05) is 36.5 Å². The highest BCUT2D eigenvalue weighted by Crippen LogP contribution is 2.30. The first-order valence-electron chi connectivity index (χ1n) is 11.5. The maximum Gasteiger partial charge on any atom is 0.159 e. The first kappa shape index (κ1) is 24.5. The van der Waals surface area contributed by atoms with Crippen LogP contribution in [0, 0.1) is 17.2 Å². The fraction of sp³-hybridized carbons (Fsp3) is 0.480. The SMILES string of the molecule is CCCC(O)COc1cc(C#N)cc(-c2cc(N3CCOCC3)nc(C(=CN)C(C)C)n2)c1. The Labute approximate surface area is 195 Å². The molecule has 1 fully saturated rings. The summed E-state index contributed by atoms with van der Waals surface area (Å²) in [6.07, 6.45) is 2.54. The van der Waals surface area contributed by atoms with Crippen LogP contribution < -0.4 is 15.4 Å². The number of morpholine rings is 1. The highest BCUT2D eigenvalue weighted by molar-refractivity contribution is 5.70. The summed E-state index contributed by atoms with van der Waals surface area (Å²) < 4.78 is 11.3. The molecular weight excluding hydrogens is 418 g/mol. The summed E-state index contributed by atoms with van der Waals surface area (Å²) in [5.74, 6) is 2.02. The van der Waals surface area contributed by atoms with Crippen LogP contribution in [0.2, 0.25) is 0 Å². The van der Waals surface area contributed by atoms with Crippen molar-refractivity contribution in [2.75, 3.05) is 37.8 Å². The molecule has 0 saturated carbocycles. The van der Waals surface area contributed by atoms with Crippen molar-refractivity contribution in [1.29, 1.82) is 5.26 Å². The predicted molar refractivity (Wildman–Crippen MR) is 129 cm³/mol. The van der Waals surface area contributed by atoms with E-state index >= 15 is 0 Å². The molecule has 8 heteroatoms. The molecule has 0 bridgehead atoms. The molecule has 1 aromatic carbocycles. The van der Waals surface area contributed by atoms with E-state index in [4.69, 9.17) is 25.2 Å². The van der Waals surface area contributed by atoms with E-state index in [0.29, 0.717) is 42.5 Å². The normalized spacial score (nSPS) is 15.4. The minimum atomic E-state index is -0.550. The van der Waals surface area contributed by atoms with Crippen molar-refractivity contribution in [3.63, 3.8) is 0 Å². The third-order valence-corrected chi connectivity index (χ3v) is 5.50. The molecule has 1 aliphatic rings. The Kier molecular flexibility index (Phi) is 8.64. The number of nitrogens with zero attached hydrogens (tertiary/aromatic N) is 4. The average Bonchev–Trinajstić information content (AvgIpc) is 2.83. The molecule has 3 rings (SSSR count). The number of hydrogen-bond donors (Lipinski definition) is 2. The van der Waals surface area contributed by atoms with Gasteiger partial charge >= 0.3 is 0 Å². The van der Waals surface area contributed by atoms with Crippen LogP contribution in [0.1, 0.15) is 45.0 Å². The number of aliphatic hydroxyl groups excluding tert-OH is 1. The Morgan fingerprint density at radius 1 is 1.27 bits per heavy atom.